The van der Waals surface area contributed by atoms with E-state index in [4.69, 9.17) is 14.1 Å². The molecule has 2 aromatic rings. The zero-order chi connectivity index (χ0) is 21.0. The first-order valence-electron chi connectivity index (χ1n) is 11.3. The minimum Gasteiger partial charge on any atom is -0.469 e. The monoisotopic (exact) mass is 550 g/mol. The van der Waals surface area contributed by atoms with Crippen LogP contribution in [0.1, 0.15) is 37.0 Å². The number of furan rings is 1. The highest BCUT2D eigenvalue weighted by molar-refractivity contribution is 14.0. The van der Waals surface area contributed by atoms with Crippen molar-refractivity contribution in [2.75, 3.05) is 24.6 Å². The molecule has 3 fully saturated rings. The number of nitrogens with one attached hydrogen (secondary N) is 2. The van der Waals surface area contributed by atoms with Crippen molar-refractivity contribution in [2.45, 2.75) is 44.7 Å². The van der Waals surface area contributed by atoms with Gasteiger partial charge in [-0.1, -0.05) is 18.6 Å². The van der Waals surface area contributed by atoms with Crippen LogP contribution in [0.15, 0.2) is 52.1 Å². The summed E-state index contributed by atoms with van der Waals surface area (Å²) in [6.45, 7) is 2.41. The summed E-state index contributed by atoms with van der Waals surface area (Å²) in [5.41, 5.74) is 1.98. The SMILES string of the molecule is I.O=C1OCCN1c1ccc(CN=C(NCCc2ccco2)NC2CC3CCC2C3)cc1. The number of anilines is 1. The smallest absolute Gasteiger partial charge is 0.414 e. The molecule has 2 N–H and O–H groups in total. The highest BCUT2D eigenvalue weighted by Crippen LogP contribution is 2.44. The van der Waals surface area contributed by atoms with Gasteiger partial charge in [0.25, 0.3) is 0 Å². The summed E-state index contributed by atoms with van der Waals surface area (Å²) in [4.78, 5) is 18.3. The van der Waals surface area contributed by atoms with Gasteiger partial charge in [-0.15, -0.1) is 24.0 Å². The molecule has 0 spiro atoms. The number of halogens is 1. The van der Waals surface area contributed by atoms with Crippen molar-refractivity contribution in [1.29, 1.82) is 0 Å². The lowest BCUT2D eigenvalue weighted by Crippen LogP contribution is -2.46. The zero-order valence-electron chi connectivity index (χ0n) is 18.2. The van der Waals surface area contributed by atoms with Crippen LogP contribution >= 0.6 is 24.0 Å². The number of ether oxygens (including phenoxy) is 1. The van der Waals surface area contributed by atoms with Gasteiger partial charge in [0.1, 0.15) is 12.4 Å². The number of carbonyl (C=O) groups is 1. The molecular formula is C24H31IN4O3. The van der Waals surface area contributed by atoms with E-state index in [0.29, 0.717) is 25.7 Å². The zero-order valence-corrected chi connectivity index (χ0v) is 20.5. The van der Waals surface area contributed by atoms with Crippen molar-refractivity contribution in [3.63, 3.8) is 0 Å². The second-order valence-corrected chi connectivity index (χ2v) is 8.78. The lowest BCUT2D eigenvalue weighted by molar-refractivity contribution is 0.181. The van der Waals surface area contributed by atoms with Crippen LogP contribution in [0.25, 0.3) is 0 Å². The molecule has 2 heterocycles. The quantitative estimate of drug-likeness (QED) is 0.305. The number of carbonyl (C=O) groups excluding carboxylic acids is 1. The molecule has 1 aliphatic heterocycles. The number of nitrogens with zero attached hydrogens (tertiary/aromatic N) is 2. The molecule has 1 amide bonds. The summed E-state index contributed by atoms with van der Waals surface area (Å²) in [7, 11) is 0. The number of fused-ring (bicyclic) bond motifs is 2. The van der Waals surface area contributed by atoms with E-state index >= 15 is 0 Å². The molecule has 3 unspecified atom stereocenters. The number of benzene rings is 1. The Morgan fingerprint density at radius 1 is 1.16 bits per heavy atom. The van der Waals surface area contributed by atoms with Crippen LogP contribution in [0.5, 0.6) is 0 Å². The third-order valence-corrected chi connectivity index (χ3v) is 6.73. The van der Waals surface area contributed by atoms with Gasteiger partial charge in [0.15, 0.2) is 5.96 Å². The average Bonchev–Trinajstić information content (AvgIpc) is 3.58. The van der Waals surface area contributed by atoms with Crippen LogP contribution in [0, 0.1) is 11.8 Å². The molecule has 1 saturated heterocycles. The number of hydrogen-bond acceptors (Lipinski definition) is 4. The third kappa shape index (κ3) is 5.39. The van der Waals surface area contributed by atoms with E-state index in [0.717, 1.165) is 47.8 Å². The highest BCUT2D eigenvalue weighted by atomic mass is 127. The highest BCUT2D eigenvalue weighted by Gasteiger charge is 2.39. The molecule has 7 nitrogen and oxygen atoms in total. The van der Waals surface area contributed by atoms with Crippen molar-refractivity contribution < 1.29 is 13.9 Å². The van der Waals surface area contributed by atoms with Gasteiger partial charge in [-0.3, -0.25) is 4.90 Å². The van der Waals surface area contributed by atoms with E-state index in [9.17, 15) is 4.79 Å². The first-order valence-corrected chi connectivity index (χ1v) is 11.3. The molecule has 2 bridgehead atoms. The Bertz CT molecular complexity index is 916. The normalized spacial score (nSPS) is 24.4. The predicted octanol–water partition coefficient (Wildman–Crippen LogP) is 4.32. The largest absolute Gasteiger partial charge is 0.469 e. The number of cyclic esters (lactones) is 1. The van der Waals surface area contributed by atoms with Crippen LogP contribution in [-0.4, -0.2) is 37.8 Å². The summed E-state index contributed by atoms with van der Waals surface area (Å²) in [6.07, 6.45) is 7.60. The Morgan fingerprint density at radius 3 is 2.69 bits per heavy atom. The van der Waals surface area contributed by atoms with Gasteiger partial charge in [-0.2, -0.15) is 0 Å². The molecule has 2 aliphatic carbocycles. The molecule has 172 valence electrons. The van der Waals surface area contributed by atoms with Gasteiger partial charge in [-0.05, 0) is 60.9 Å². The standard InChI is InChI=1S/C24H30N4O3.HI/c29-24-28(11-13-31-24)20-7-4-17(5-8-20)16-26-23(25-10-9-21-2-1-12-30-21)27-22-15-18-3-6-19(22)14-18;/h1-2,4-5,7-8,12,18-19,22H,3,6,9-11,13-16H2,(H2,25,26,27);1H. The summed E-state index contributed by atoms with van der Waals surface area (Å²) in [6, 6.07) is 12.4. The fraction of sp³-hybridized carbons (Fsp3) is 0.500. The van der Waals surface area contributed by atoms with E-state index in [1.807, 2.05) is 36.4 Å². The number of rotatable bonds is 7. The second-order valence-electron chi connectivity index (χ2n) is 8.78. The molecular weight excluding hydrogens is 519 g/mol. The average molecular weight is 550 g/mol. The van der Waals surface area contributed by atoms with Gasteiger partial charge in [0.2, 0.25) is 0 Å². The predicted molar refractivity (Wildman–Crippen MR) is 134 cm³/mol. The first-order chi connectivity index (χ1) is 15.2. The van der Waals surface area contributed by atoms with Gasteiger partial charge < -0.3 is 19.8 Å². The maximum absolute atomic E-state index is 11.7. The third-order valence-electron chi connectivity index (χ3n) is 6.73. The van der Waals surface area contributed by atoms with Gasteiger partial charge in [0.05, 0.1) is 19.4 Å². The molecule has 1 aromatic heterocycles. The lowest BCUT2D eigenvalue weighted by Gasteiger charge is -2.25. The molecule has 32 heavy (non-hydrogen) atoms. The molecule has 5 rings (SSSR count). The van der Waals surface area contributed by atoms with Crippen LogP contribution < -0.4 is 15.5 Å². The second kappa shape index (κ2) is 10.6. The summed E-state index contributed by atoms with van der Waals surface area (Å²) < 4.78 is 10.5. The molecule has 2 saturated carbocycles. The minimum atomic E-state index is -0.274. The number of guanidine groups is 1. The summed E-state index contributed by atoms with van der Waals surface area (Å²) in [5.74, 6) is 3.51. The maximum Gasteiger partial charge on any atom is 0.414 e. The molecule has 1 aromatic carbocycles. The van der Waals surface area contributed by atoms with Gasteiger partial charge >= 0.3 is 6.09 Å². The number of amides is 1. The fourth-order valence-electron chi connectivity index (χ4n) is 5.09. The molecule has 8 heteroatoms. The Labute approximate surface area is 206 Å². The van der Waals surface area contributed by atoms with Crippen LogP contribution in [0.4, 0.5) is 10.5 Å². The maximum atomic E-state index is 11.7. The van der Waals surface area contributed by atoms with Crippen LogP contribution in [0.2, 0.25) is 0 Å². The molecule has 3 atom stereocenters. The van der Waals surface area contributed by atoms with E-state index in [1.54, 1.807) is 11.2 Å². The lowest BCUT2D eigenvalue weighted by atomic mass is 9.95. The summed E-state index contributed by atoms with van der Waals surface area (Å²) in [5, 5.41) is 7.18. The molecule has 0 radical (unpaired) electrons. The Balaban J connectivity index is 0.00000245. The Kier molecular flexibility index (Phi) is 7.59. The van der Waals surface area contributed by atoms with Crippen molar-refractivity contribution in [1.82, 2.24) is 10.6 Å². The van der Waals surface area contributed by atoms with E-state index in [1.165, 1.54) is 25.7 Å². The summed E-state index contributed by atoms with van der Waals surface area (Å²) >= 11 is 0. The Morgan fingerprint density at radius 2 is 2.03 bits per heavy atom. The topological polar surface area (TPSA) is 79.1 Å². The fourth-order valence-corrected chi connectivity index (χ4v) is 5.09. The van der Waals surface area contributed by atoms with E-state index in [-0.39, 0.29) is 30.1 Å². The van der Waals surface area contributed by atoms with Crippen molar-refractivity contribution in [2.24, 2.45) is 16.8 Å². The van der Waals surface area contributed by atoms with Crippen molar-refractivity contribution >= 4 is 41.7 Å². The van der Waals surface area contributed by atoms with E-state index < -0.39 is 0 Å². The molecule has 3 aliphatic rings. The van der Waals surface area contributed by atoms with Crippen molar-refractivity contribution in [3.8, 4) is 0 Å². The number of aliphatic imine (C=N–C) groups is 1. The van der Waals surface area contributed by atoms with Crippen LogP contribution in [-0.2, 0) is 17.7 Å². The van der Waals surface area contributed by atoms with E-state index in [2.05, 4.69) is 10.6 Å². The minimum absolute atomic E-state index is 0. The van der Waals surface area contributed by atoms with Gasteiger partial charge in [0, 0.05) is 24.7 Å². The number of hydrogen-bond donors (Lipinski definition) is 2. The van der Waals surface area contributed by atoms with Crippen LogP contribution in [0.3, 0.4) is 0 Å². The Hall–Kier alpha value is -2.23. The van der Waals surface area contributed by atoms with Gasteiger partial charge in [-0.25, -0.2) is 9.79 Å². The van der Waals surface area contributed by atoms with Crippen molar-refractivity contribution in [3.05, 3.63) is 54.0 Å². The first kappa shape index (κ1) is 22.9.